The Hall–Kier alpha value is -1.71. The molecule has 90 valence electrons. The molecule has 2 atom stereocenters. The van der Waals surface area contributed by atoms with Gasteiger partial charge >= 0.3 is 5.97 Å². The van der Waals surface area contributed by atoms with E-state index in [9.17, 15) is 4.79 Å². The van der Waals surface area contributed by atoms with E-state index in [2.05, 4.69) is 6.92 Å². The van der Waals surface area contributed by atoms with E-state index in [1.165, 1.54) is 0 Å². The van der Waals surface area contributed by atoms with E-state index in [0.717, 1.165) is 17.1 Å². The first-order valence-corrected chi connectivity index (χ1v) is 5.79. The van der Waals surface area contributed by atoms with E-state index in [1.807, 2.05) is 18.2 Å². The van der Waals surface area contributed by atoms with Crippen LogP contribution in [-0.2, 0) is 9.53 Å². The number of carbonyl (C=O) groups is 1. The van der Waals surface area contributed by atoms with E-state index in [1.54, 1.807) is 0 Å². The molecule has 0 spiro atoms. The van der Waals surface area contributed by atoms with Crippen LogP contribution >= 0.6 is 0 Å². The molecule has 0 aromatic heterocycles. The van der Waals surface area contributed by atoms with Crippen LogP contribution in [0.25, 0.3) is 0 Å². The van der Waals surface area contributed by atoms with Gasteiger partial charge in [-0.15, -0.1) is 0 Å². The van der Waals surface area contributed by atoms with Gasteiger partial charge in [-0.2, -0.15) is 0 Å². The zero-order valence-corrected chi connectivity index (χ0v) is 9.64. The normalized spacial score (nSPS) is 23.6. The average Bonchev–Trinajstić information content (AvgIpc) is 2.95. The van der Waals surface area contributed by atoms with Crippen LogP contribution in [0.5, 0.6) is 11.5 Å². The summed E-state index contributed by atoms with van der Waals surface area (Å²) in [7, 11) is 0. The molecule has 1 saturated heterocycles. The van der Waals surface area contributed by atoms with Crippen LogP contribution in [-0.4, -0.2) is 19.4 Å². The maximum atomic E-state index is 11.1. The van der Waals surface area contributed by atoms with E-state index in [4.69, 9.17) is 14.2 Å². The van der Waals surface area contributed by atoms with E-state index in [0.29, 0.717) is 13.0 Å². The number of ether oxygens (including phenoxy) is 3. The van der Waals surface area contributed by atoms with Crippen molar-refractivity contribution in [1.29, 1.82) is 0 Å². The molecule has 1 aromatic carbocycles. The monoisotopic (exact) mass is 234 g/mol. The molecular formula is C13H14O4. The molecule has 0 N–H and O–H groups in total. The maximum absolute atomic E-state index is 11.1. The fourth-order valence-corrected chi connectivity index (χ4v) is 2.32. The summed E-state index contributed by atoms with van der Waals surface area (Å²) in [6.07, 6.45) is 0.510. The van der Waals surface area contributed by atoms with Crippen molar-refractivity contribution in [3.8, 4) is 11.5 Å². The van der Waals surface area contributed by atoms with Gasteiger partial charge in [0.05, 0.1) is 13.0 Å². The molecule has 1 aromatic rings. The lowest BCUT2D eigenvalue weighted by atomic mass is 9.87. The number of benzene rings is 1. The third kappa shape index (κ3) is 1.84. The summed E-state index contributed by atoms with van der Waals surface area (Å²) in [5, 5.41) is 0. The molecule has 0 saturated carbocycles. The van der Waals surface area contributed by atoms with E-state index in [-0.39, 0.29) is 24.6 Å². The first-order valence-electron chi connectivity index (χ1n) is 5.79. The molecule has 0 amide bonds. The summed E-state index contributed by atoms with van der Waals surface area (Å²) in [5.74, 6) is 2.04. The van der Waals surface area contributed by atoms with Gasteiger partial charge in [0.15, 0.2) is 11.5 Å². The summed E-state index contributed by atoms with van der Waals surface area (Å²) in [6, 6.07) is 5.95. The van der Waals surface area contributed by atoms with Crippen molar-refractivity contribution in [2.24, 2.45) is 5.92 Å². The van der Waals surface area contributed by atoms with Crippen LogP contribution in [0.4, 0.5) is 0 Å². The maximum Gasteiger partial charge on any atom is 0.306 e. The Balaban J connectivity index is 1.81. The van der Waals surface area contributed by atoms with Gasteiger partial charge in [-0.25, -0.2) is 0 Å². The zero-order valence-electron chi connectivity index (χ0n) is 9.64. The molecule has 0 unspecified atom stereocenters. The number of cyclic esters (lactones) is 1. The summed E-state index contributed by atoms with van der Waals surface area (Å²) in [5.41, 5.74) is 1.16. The van der Waals surface area contributed by atoms with Crippen LogP contribution < -0.4 is 9.47 Å². The SMILES string of the molecule is C[C@H](c1ccc2c(c1)OCO2)[C@H]1COC(=O)C1. The highest BCUT2D eigenvalue weighted by atomic mass is 16.7. The third-order valence-electron chi connectivity index (χ3n) is 3.52. The van der Waals surface area contributed by atoms with Gasteiger partial charge in [0.1, 0.15) is 0 Å². The number of carbonyl (C=O) groups excluding carboxylic acids is 1. The third-order valence-corrected chi connectivity index (χ3v) is 3.52. The summed E-state index contributed by atoms with van der Waals surface area (Å²) >= 11 is 0. The van der Waals surface area contributed by atoms with Gasteiger partial charge in [0, 0.05) is 5.92 Å². The highest BCUT2D eigenvalue weighted by Gasteiger charge is 2.30. The van der Waals surface area contributed by atoms with Crippen molar-refractivity contribution in [1.82, 2.24) is 0 Å². The lowest BCUT2D eigenvalue weighted by Crippen LogP contribution is -2.09. The minimum absolute atomic E-state index is 0.0948. The van der Waals surface area contributed by atoms with Gasteiger partial charge in [0.25, 0.3) is 0 Å². The highest BCUT2D eigenvalue weighted by Crippen LogP contribution is 2.38. The number of hydrogen-bond acceptors (Lipinski definition) is 4. The molecule has 3 rings (SSSR count). The fourth-order valence-electron chi connectivity index (χ4n) is 2.32. The lowest BCUT2D eigenvalue weighted by Gasteiger charge is -2.17. The van der Waals surface area contributed by atoms with E-state index < -0.39 is 0 Å². The first-order chi connectivity index (χ1) is 8.24. The molecule has 0 radical (unpaired) electrons. The number of rotatable bonds is 2. The second-order valence-corrected chi connectivity index (χ2v) is 4.55. The Labute approximate surface area is 99.5 Å². The van der Waals surface area contributed by atoms with Gasteiger partial charge in [0.2, 0.25) is 6.79 Å². The number of hydrogen-bond donors (Lipinski definition) is 0. The van der Waals surface area contributed by atoms with Gasteiger partial charge in [-0.05, 0) is 23.6 Å². The summed E-state index contributed by atoms with van der Waals surface area (Å²) in [4.78, 5) is 11.1. The Morgan fingerprint density at radius 1 is 1.24 bits per heavy atom. The summed E-state index contributed by atoms with van der Waals surface area (Å²) in [6.45, 7) is 2.93. The van der Waals surface area contributed by atoms with Crippen LogP contribution in [0.1, 0.15) is 24.8 Å². The van der Waals surface area contributed by atoms with Gasteiger partial charge < -0.3 is 14.2 Å². The quantitative estimate of drug-likeness (QED) is 0.735. The largest absolute Gasteiger partial charge is 0.465 e. The second kappa shape index (κ2) is 3.95. The van der Waals surface area contributed by atoms with Gasteiger partial charge in [-0.3, -0.25) is 4.79 Å². The molecule has 4 nitrogen and oxygen atoms in total. The van der Waals surface area contributed by atoms with Gasteiger partial charge in [-0.1, -0.05) is 13.0 Å². The molecule has 4 heteroatoms. The topological polar surface area (TPSA) is 44.8 Å². The Kier molecular flexibility index (Phi) is 2.42. The Morgan fingerprint density at radius 3 is 2.82 bits per heavy atom. The van der Waals surface area contributed by atoms with Crippen molar-refractivity contribution in [3.63, 3.8) is 0 Å². The minimum atomic E-state index is -0.0948. The van der Waals surface area contributed by atoms with Crippen LogP contribution in [0.3, 0.4) is 0 Å². The summed E-state index contributed by atoms with van der Waals surface area (Å²) < 4.78 is 15.6. The van der Waals surface area contributed by atoms with Crippen LogP contribution in [0, 0.1) is 5.92 Å². The van der Waals surface area contributed by atoms with Crippen molar-refractivity contribution in [2.75, 3.05) is 13.4 Å². The number of esters is 1. The van der Waals surface area contributed by atoms with Crippen LogP contribution in [0.15, 0.2) is 18.2 Å². The van der Waals surface area contributed by atoms with Crippen molar-refractivity contribution in [3.05, 3.63) is 23.8 Å². The van der Waals surface area contributed by atoms with E-state index >= 15 is 0 Å². The first kappa shape index (κ1) is 10.4. The molecule has 2 heterocycles. The Morgan fingerprint density at radius 2 is 2.06 bits per heavy atom. The predicted molar refractivity (Wildman–Crippen MR) is 60.0 cm³/mol. The number of fused-ring (bicyclic) bond motifs is 1. The van der Waals surface area contributed by atoms with Crippen molar-refractivity contribution in [2.45, 2.75) is 19.3 Å². The minimum Gasteiger partial charge on any atom is -0.465 e. The molecule has 0 bridgehead atoms. The molecule has 2 aliphatic heterocycles. The lowest BCUT2D eigenvalue weighted by molar-refractivity contribution is -0.137. The zero-order chi connectivity index (χ0) is 11.8. The second-order valence-electron chi connectivity index (χ2n) is 4.55. The average molecular weight is 234 g/mol. The molecule has 0 aliphatic carbocycles. The fraction of sp³-hybridized carbons (Fsp3) is 0.462. The highest BCUT2D eigenvalue weighted by molar-refractivity contribution is 5.71. The standard InChI is InChI=1S/C13H14O4/c1-8(10-5-13(14)15-6-10)9-2-3-11-12(4-9)17-7-16-11/h2-4,8,10H,5-7H2,1H3/t8-,10-/m1/s1. The molecule has 17 heavy (non-hydrogen) atoms. The molecule has 1 fully saturated rings. The van der Waals surface area contributed by atoms with Crippen molar-refractivity contribution < 1.29 is 19.0 Å². The van der Waals surface area contributed by atoms with Crippen molar-refractivity contribution >= 4 is 5.97 Å². The smallest absolute Gasteiger partial charge is 0.306 e. The predicted octanol–water partition coefficient (Wildman–Crippen LogP) is 2.08. The Bertz CT molecular complexity index is 455. The molecular weight excluding hydrogens is 220 g/mol. The van der Waals surface area contributed by atoms with Crippen LogP contribution in [0.2, 0.25) is 0 Å². The molecule has 2 aliphatic rings.